The van der Waals surface area contributed by atoms with E-state index in [1.54, 1.807) is 12.1 Å². The van der Waals surface area contributed by atoms with Gasteiger partial charge in [-0.3, -0.25) is 9.78 Å². The molecular weight excluding hydrogens is 242 g/mol. The van der Waals surface area contributed by atoms with Crippen molar-refractivity contribution in [3.05, 3.63) is 61.9 Å². The fourth-order valence-corrected chi connectivity index (χ4v) is 1.47. The molecule has 0 unspecified atom stereocenters. The Kier molecular flexibility index (Phi) is 3.30. The van der Waals surface area contributed by atoms with Gasteiger partial charge in [-0.1, -0.05) is 23.7 Å². The molecule has 0 radical (unpaired) electrons. The summed E-state index contributed by atoms with van der Waals surface area (Å²) in [6, 6.07) is 7.26. The van der Waals surface area contributed by atoms with Crippen molar-refractivity contribution < 1.29 is 0 Å². The van der Waals surface area contributed by atoms with Crippen molar-refractivity contribution in [1.29, 1.82) is 0 Å². The van der Waals surface area contributed by atoms with Crippen LogP contribution in [0.4, 0.5) is 5.69 Å². The van der Waals surface area contributed by atoms with Crippen molar-refractivity contribution >= 4 is 17.3 Å². The highest BCUT2D eigenvalue weighted by atomic mass is 35.5. The van der Waals surface area contributed by atoms with Gasteiger partial charge in [0.2, 0.25) is 0 Å². The number of halogens is 1. The van der Waals surface area contributed by atoms with Crippen LogP contribution < -0.4 is 16.6 Å². The standard InChI is InChI=1S/C11H10ClN3O2/c12-8-3-1-7(2-4-8)5-13-9-6-14-11(17)15-10(9)16/h1-4,6,13H,5H2,(H2,14,15,16,17). The van der Waals surface area contributed by atoms with Gasteiger partial charge in [0.1, 0.15) is 5.69 Å². The molecule has 0 aliphatic rings. The highest BCUT2D eigenvalue weighted by Gasteiger charge is 1.99. The lowest BCUT2D eigenvalue weighted by Crippen LogP contribution is -2.24. The molecule has 0 bridgehead atoms. The van der Waals surface area contributed by atoms with E-state index in [9.17, 15) is 9.59 Å². The first kappa shape index (κ1) is 11.5. The van der Waals surface area contributed by atoms with Gasteiger partial charge < -0.3 is 10.3 Å². The lowest BCUT2D eigenvalue weighted by molar-refractivity contribution is 1.02. The van der Waals surface area contributed by atoms with Crippen LogP contribution in [0.1, 0.15) is 5.56 Å². The summed E-state index contributed by atoms with van der Waals surface area (Å²) in [6.07, 6.45) is 1.34. The summed E-state index contributed by atoms with van der Waals surface area (Å²) in [5, 5.41) is 3.58. The molecule has 2 rings (SSSR count). The Morgan fingerprint density at radius 2 is 1.88 bits per heavy atom. The van der Waals surface area contributed by atoms with Gasteiger partial charge in [-0.05, 0) is 17.7 Å². The molecular formula is C11H10ClN3O2. The van der Waals surface area contributed by atoms with Crippen LogP contribution in [0, 0.1) is 0 Å². The monoisotopic (exact) mass is 251 g/mol. The van der Waals surface area contributed by atoms with E-state index in [0.717, 1.165) is 5.56 Å². The minimum Gasteiger partial charge on any atom is -0.375 e. The van der Waals surface area contributed by atoms with Gasteiger partial charge in [0.05, 0.1) is 0 Å². The van der Waals surface area contributed by atoms with Crippen molar-refractivity contribution in [1.82, 2.24) is 9.97 Å². The van der Waals surface area contributed by atoms with Crippen molar-refractivity contribution in [3.63, 3.8) is 0 Å². The molecule has 5 nitrogen and oxygen atoms in total. The average molecular weight is 252 g/mol. The van der Waals surface area contributed by atoms with E-state index in [1.165, 1.54) is 6.20 Å². The zero-order valence-electron chi connectivity index (χ0n) is 8.79. The van der Waals surface area contributed by atoms with Gasteiger partial charge in [-0.2, -0.15) is 0 Å². The summed E-state index contributed by atoms with van der Waals surface area (Å²) in [5.74, 6) is 0. The Labute approximate surface area is 101 Å². The van der Waals surface area contributed by atoms with Crippen LogP contribution in [0.5, 0.6) is 0 Å². The largest absolute Gasteiger partial charge is 0.375 e. The van der Waals surface area contributed by atoms with E-state index in [0.29, 0.717) is 17.3 Å². The Morgan fingerprint density at radius 3 is 2.53 bits per heavy atom. The number of anilines is 1. The lowest BCUT2D eigenvalue weighted by atomic mass is 10.2. The molecule has 3 N–H and O–H groups in total. The Morgan fingerprint density at radius 1 is 1.18 bits per heavy atom. The molecule has 0 saturated heterocycles. The second kappa shape index (κ2) is 4.88. The normalized spacial score (nSPS) is 10.2. The maximum Gasteiger partial charge on any atom is 0.325 e. The molecule has 6 heteroatoms. The lowest BCUT2D eigenvalue weighted by Gasteiger charge is -2.04. The fourth-order valence-electron chi connectivity index (χ4n) is 1.34. The fraction of sp³-hybridized carbons (Fsp3) is 0.0909. The SMILES string of the molecule is O=c1[nH]cc(NCc2ccc(Cl)cc2)c(=O)[nH]1. The first-order valence-electron chi connectivity index (χ1n) is 4.95. The molecule has 17 heavy (non-hydrogen) atoms. The molecule has 2 aromatic rings. The number of H-pyrrole nitrogens is 2. The molecule has 0 aliphatic carbocycles. The molecule has 1 aromatic carbocycles. The van der Waals surface area contributed by atoms with Crippen LogP contribution in [0.15, 0.2) is 40.1 Å². The number of benzene rings is 1. The summed E-state index contributed by atoms with van der Waals surface area (Å²) >= 11 is 5.76. The van der Waals surface area contributed by atoms with E-state index in [2.05, 4.69) is 15.3 Å². The highest BCUT2D eigenvalue weighted by Crippen LogP contribution is 2.10. The summed E-state index contributed by atoms with van der Waals surface area (Å²) in [7, 11) is 0. The molecule has 0 atom stereocenters. The summed E-state index contributed by atoms with van der Waals surface area (Å²) in [4.78, 5) is 26.7. The summed E-state index contributed by atoms with van der Waals surface area (Å²) < 4.78 is 0. The van der Waals surface area contributed by atoms with Crippen LogP contribution in [-0.2, 0) is 6.54 Å². The number of nitrogens with one attached hydrogen (secondary N) is 3. The highest BCUT2D eigenvalue weighted by molar-refractivity contribution is 6.30. The quantitative estimate of drug-likeness (QED) is 0.770. The maximum absolute atomic E-state index is 11.4. The maximum atomic E-state index is 11.4. The van der Waals surface area contributed by atoms with Crippen LogP contribution in [-0.4, -0.2) is 9.97 Å². The molecule has 88 valence electrons. The molecule has 1 heterocycles. The Hall–Kier alpha value is -2.01. The number of hydrogen-bond donors (Lipinski definition) is 3. The Bertz CT molecular complexity index is 616. The smallest absolute Gasteiger partial charge is 0.325 e. The van der Waals surface area contributed by atoms with Crippen molar-refractivity contribution in [3.8, 4) is 0 Å². The zero-order chi connectivity index (χ0) is 12.3. The summed E-state index contributed by atoms with van der Waals surface area (Å²) in [6.45, 7) is 0.478. The van der Waals surface area contributed by atoms with Crippen LogP contribution in [0.3, 0.4) is 0 Å². The van der Waals surface area contributed by atoms with Crippen LogP contribution >= 0.6 is 11.6 Å². The predicted octanol–water partition coefficient (Wildman–Crippen LogP) is 1.33. The van der Waals surface area contributed by atoms with E-state index in [-0.39, 0.29) is 0 Å². The molecule has 0 amide bonds. The first-order valence-corrected chi connectivity index (χ1v) is 5.33. The predicted molar refractivity (Wildman–Crippen MR) is 66.5 cm³/mol. The second-order valence-electron chi connectivity index (χ2n) is 3.47. The van der Waals surface area contributed by atoms with Gasteiger partial charge in [-0.15, -0.1) is 0 Å². The van der Waals surface area contributed by atoms with Gasteiger partial charge in [-0.25, -0.2) is 4.79 Å². The van der Waals surface area contributed by atoms with Gasteiger partial charge in [0, 0.05) is 17.8 Å². The Balaban J connectivity index is 2.10. The molecule has 0 aliphatic heterocycles. The molecule has 0 fully saturated rings. The van der Waals surface area contributed by atoms with E-state index in [4.69, 9.17) is 11.6 Å². The third-order valence-corrected chi connectivity index (χ3v) is 2.47. The number of aromatic amines is 2. The minimum absolute atomic E-state index is 0.319. The van der Waals surface area contributed by atoms with E-state index in [1.807, 2.05) is 12.1 Å². The number of aromatic nitrogens is 2. The minimum atomic E-state index is -0.521. The van der Waals surface area contributed by atoms with Gasteiger partial charge in [0.15, 0.2) is 0 Å². The van der Waals surface area contributed by atoms with Crippen LogP contribution in [0.2, 0.25) is 5.02 Å². The molecule has 1 aromatic heterocycles. The van der Waals surface area contributed by atoms with Gasteiger partial charge >= 0.3 is 5.69 Å². The van der Waals surface area contributed by atoms with Crippen molar-refractivity contribution in [2.75, 3.05) is 5.32 Å². The third-order valence-electron chi connectivity index (χ3n) is 2.22. The second-order valence-corrected chi connectivity index (χ2v) is 3.90. The first-order chi connectivity index (χ1) is 8.15. The summed E-state index contributed by atoms with van der Waals surface area (Å²) in [5.41, 5.74) is 0.342. The van der Waals surface area contributed by atoms with E-state index < -0.39 is 11.2 Å². The number of hydrogen-bond acceptors (Lipinski definition) is 3. The topological polar surface area (TPSA) is 77.8 Å². The number of rotatable bonds is 3. The molecule has 0 saturated carbocycles. The van der Waals surface area contributed by atoms with Crippen molar-refractivity contribution in [2.45, 2.75) is 6.54 Å². The van der Waals surface area contributed by atoms with Crippen LogP contribution in [0.25, 0.3) is 0 Å². The van der Waals surface area contributed by atoms with Crippen molar-refractivity contribution in [2.24, 2.45) is 0 Å². The molecule has 0 spiro atoms. The zero-order valence-corrected chi connectivity index (χ0v) is 9.54. The average Bonchev–Trinajstić information content (AvgIpc) is 2.30. The van der Waals surface area contributed by atoms with E-state index >= 15 is 0 Å². The third kappa shape index (κ3) is 2.98. The van der Waals surface area contributed by atoms with Gasteiger partial charge in [0.25, 0.3) is 5.56 Å².